The quantitative estimate of drug-likeness (QED) is 0.598. The van der Waals surface area contributed by atoms with Crippen molar-refractivity contribution in [3.05, 3.63) is 71.3 Å². The van der Waals surface area contributed by atoms with Gasteiger partial charge in [0.05, 0.1) is 24.3 Å². The molecule has 1 N–H and O–H groups in total. The molecule has 28 heavy (non-hydrogen) atoms. The lowest BCUT2D eigenvalue weighted by atomic mass is 10.1. The van der Waals surface area contributed by atoms with Crippen molar-refractivity contribution in [1.82, 2.24) is 0 Å². The molecule has 5 heteroatoms. The van der Waals surface area contributed by atoms with E-state index in [-0.39, 0.29) is 13.2 Å². The van der Waals surface area contributed by atoms with Crippen molar-refractivity contribution in [3.63, 3.8) is 0 Å². The van der Waals surface area contributed by atoms with Gasteiger partial charge < -0.3 is 14.8 Å². The largest absolute Gasteiger partial charge is 0.462 e. The van der Waals surface area contributed by atoms with Crippen LogP contribution >= 0.6 is 0 Å². The number of fused-ring (bicyclic) bond motifs is 1. The van der Waals surface area contributed by atoms with Crippen LogP contribution in [0.4, 0.5) is 11.4 Å². The summed E-state index contributed by atoms with van der Waals surface area (Å²) in [4.78, 5) is 24.8. The van der Waals surface area contributed by atoms with E-state index in [0.29, 0.717) is 22.3 Å². The Kier molecular flexibility index (Phi) is 5.94. The highest BCUT2D eigenvalue weighted by atomic mass is 16.5. The van der Waals surface area contributed by atoms with Gasteiger partial charge in [0.1, 0.15) is 0 Å². The predicted octanol–water partition coefficient (Wildman–Crippen LogP) is 5.20. The van der Waals surface area contributed by atoms with E-state index in [0.717, 1.165) is 16.9 Å². The number of carbonyl (C=O) groups is 2. The number of esters is 2. The molecule has 0 bridgehead atoms. The summed E-state index contributed by atoms with van der Waals surface area (Å²) in [5.74, 6) is -0.912. The number of aryl methyl sites for hydroxylation is 1. The summed E-state index contributed by atoms with van der Waals surface area (Å²) in [5, 5.41) is 3.34. The lowest BCUT2D eigenvalue weighted by molar-refractivity contribution is 0.0525. The van der Waals surface area contributed by atoms with E-state index in [1.807, 2.05) is 55.5 Å². The smallest absolute Gasteiger partial charge is 0.338 e. The molecule has 5 nitrogen and oxygen atoms in total. The summed E-state index contributed by atoms with van der Waals surface area (Å²) < 4.78 is 10.3. The first-order chi connectivity index (χ1) is 13.5. The minimum absolute atomic E-state index is 0.263. The van der Waals surface area contributed by atoms with E-state index >= 15 is 0 Å². The molecule has 2 aliphatic carbocycles. The Hall–Kier alpha value is -3.34. The minimum Gasteiger partial charge on any atom is -0.462 e. The summed E-state index contributed by atoms with van der Waals surface area (Å²) in [7, 11) is 0. The maximum Gasteiger partial charge on any atom is 0.338 e. The Bertz CT molecular complexity index is 927. The molecule has 0 amide bonds. The fourth-order valence-electron chi connectivity index (χ4n) is 3.08. The molecule has 3 rings (SSSR count). The molecule has 0 heterocycles. The Morgan fingerprint density at radius 2 is 1.36 bits per heavy atom. The van der Waals surface area contributed by atoms with Crippen LogP contribution in [0.1, 0.15) is 40.1 Å². The SMILES string of the molecule is CCOC(=O)c1cc(C(=O)OCC)c2ccc(Nc3cccc(C)c3)ccc1-2. The second-order valence-corrected chi connectivity index (χ2v) is 6.36. The molecule has 0 atom stereocenters. The lowest BCUT2D eigenvalue weighted by Crippen LogP contribution is -2.05. The fourth-order valence-corrected chi connectivity index (χ4v) is 3.08. The van der Waals surface area contributed by atoms with Crippen molar-refractivity contribution in [2.24, 2.45) is 0 Å². The zero-order valence-corrected chi connectivity index (χ0v) is 16.2. The summed E-state index contributed by atoms with van der Waals surface area (Å²) >= 11 is 0. The predicted molar refractivity (Wildman–Crippen MR) is 109 cm³/mol. The van der Waals surface area contributed by atoms with Gasteiger partial charge in [-0.05, 0) is 67.8 Å². The monoisotopic (exact) mass is 377 g/mol. The van der Waals surface area contributed by atoms with Crippen LogP contribution in [0.5, 0.6) is 0 Å². The molecule has 0 saturated heterocycles. The summed E-state index contributed by atoms with van der Waals surface area (Å²) in [6.07, 6.45) is 0. The van der Waals surface area contributed by atoms with E-state index in [4.69, 9.17) is 9.47 Å². The van der Waals surface area contributed by atoms with E-state index in [2.05, 4.69) is 5.32 Å². The Morgan fingerprint density at radius 1 is 0.786 bits per heavy atom. The second kappa shape index (κ2) is 8.57. The number of ether oxygens (including phenoxy) is 2. The standard InChI is InChI=1S/C23H23NO4/c1-4-27-22(25)20-14-21(23(26)28-5-2)19-12-10-16(9-11-18(19)20)24-17-8-6-7-15(3)13-17/h6-14,24H,4-5H2,1-3H3. The average Bonchev–Trinajstić information content (AvgIpc) is 2.91. The number of anilines is 2. The van der Waals surface area contributed by atoms with Crippen molar-refractivity contribution in [2.45, 2.75) is 20.8 Å². The number of benzene rings is 1. The van der Waals surface area contributed by atoms with Gasteiger partial charge >= 0.3 is 11.9 Å². The fraction of sp³-hybridized carbons (Fsp3) is 0.217. The van der Waals surface area contributed by atoms with E-state index in [1.165, 1.54) is 0 Å². The van der Waals surface area contributed by atoms with Gasteiger partial charge in [0.2, 0.25) is 0 Å². The molecule has 0 aromatic heterocycles. The van der Waals surface area contributed by atoms with Gasteiger partial charge in [-0.3, -0.25) is 0 Å². The molecule has 1 aromatic carbocycles. The van der Waals surface area contributed by atoms with Crippen LogP contribution < -0.4 is 5.32 Å². The highest BCUT2D eigenvalue weighted by molar-refractivity contribution is 6.08. The normalized spacial score (nSPS) is 10.5. The summed E-state index contributed by atoms with van der Waals surface area (Å²) in [6.45, 7) is 6.05. The maximum atomic E-state index is 12.4. The molecular weight excluding hydrogens is 354 g/mol. The molecule has 1 aromatic rings. The lowest BCUT2D eigenvalue weighted by Gasteiger charge is -2.05. The maximum absolute atomic E-state index is 12.4. The van der Waals surface area contributed by atoms with Crippen LogP contribution in [0.3, 0.4) is 0 Å². The molecule has 0 saturated carbocycles. The molecular formula is C23H23NO4. The van der Waals surface area contributed by atoms with Crippen LogP contribution in [-0.4, -0.2) is 25.2 Å². The van der Waals surface area contributed by atoms with Gasteiger partial charge in [-0.1, -0.05) is 24.3 Å². The first kappa shape index (κ1) is 19.4. The van der Waals surface area contributed by atoms with E-state index in [1.54, 1.807) is 19.9 Å². The third-order valence-electron chi connectivity index (χ3n) is 4.32. The number of nitrogens with one attached hydrogen (secondary N) is 1. The molecule has 0 radical (unpaired) electrons. The van der Waals surface area contributed by atoms with Gasteiger partial charge in [0.15, 0.2) is 0 Å². The van der Waals surface area contributed by atoms with Gasteiger partial charge in [-0.15, -0.1) is 0 Å². The Morgan fingerprint density at radius 3 is 1.86 bits per heavy atom. The van der Waals surface area contributed by atoms with Crippen LogP contribution in [0.2, 0.25) is 0 Å². The number of rotatable bonds is 6. The van der Waals surface area contributed by atoms with E-state index in [9.17, 15) is 9.59 Å². The van der Waals surface area contributed by atoms with Crippen molar-refractivity contribution >= 4 is 23.3 Å². The highest BCUT2D eigenvalue weighted by Gasteiger charge is 2.25. The van der Waals surface area contributed by atoms with Crippen LogP contribution in [0.15, 0.2) is 54.6 Å². The van der Waals surface area contributed by atoms with Crippen molar-refractivity contribution in [1.29, 1.82) is 0 Å². The number of hydrogen-bond acceptors (Lipinski definition) is 5. The first-order valence-electron chi connectivity index (χ1n) is 9.28. The topological polar surface area (TPSA) is 64.6 Å². The Labute approximate surface area is 164 Å². The Balaban J connectivity index is 2.05. The zero-order chi connectivity index (χ0) is 20.1. The van der Waals surface area contributed by atoms with Crippen molar-refractivity contribution < 1.29 is 19.1 Å². The van der Waals surface area contributed by atoms with Crippen molar-refractivity contribution in [3.8, 4) is 11.1 Å². The van der Waals surface area contributed by atoms with Crippen molar-refractivity contribution in [2.75, 3.05) is 18.5 Å². The third-order valence-corrected chi connectivity index (χ3v) is 4.32. The number of hydrogen-bond donors (Lipinski definition) is 1. The second-order valence-electron chi connectivity index (χ2n) is 6.36. The molecule has 0 spiro atoms. The van der Waals surface area contributed by atoms with Gasteiger partial charge in [0.25, 0.3) is 0 Å². The van der Waals surface area contributed by atoms with Crippen LogP contribution in [0, 0.1) is 6.92 Å². The molecule has 144 valence electrons. The van der Waals surface area contributed by atoms with Crippen LogP contribution in [0.25, 0.3) is 11.1 Å². The van der Waals surface area contributed by atoms with Gasteiger partial charge in [-0.25, -0.2) is 9.59 Å². The third kappa shape index (κ3) is 4.14. The first-order valence-corrected chi connectivity index (χ1v) is 9.28. The molecule has 0 unspecified atom stereocenters. The van der Waals surface area contributed by atoms with Crippen LogP contribution in [-0.2, 0) is 9.47 Å². The molecule has 0 aliphatic heterocycles. The highest BCUT2D eigenvalue weighted by Crippen LogP contribution is 2.34. The van der Waals surface area contributed by atoms with Gasteiger partial charge in [0, 0.05) is 11.4 Å². The zero-order valence-electron chi connectivity index (χ0n) is 16.2. The van der Waals surface area contributed by atoms with E-state index < -0.39 is 11.9 Å². The minimum atomic E-state index is -0.456. The summed E-state index contributed by atoms with van der Waals surface area (Å²) in [6, 6.07) is 17.0. The number of carbonyl (C=O) groups excluding carboxylic acids is 2. The molecule has 0 fully saturated rings. The average molecular weight is 377 g/mol. The molecule has 2 aliphatic rings. The van der Waals surface area contributed by atoms with Gasteiger partial charge in [-0.2, -0.15) is 0 Å². The summed E-state index contributed by atoms with van der Waals surface area (Å²) in [5.41, 5.74) is 4.97.